The van der Waals surface area contributed by atoms with Crippen molar-refractivity contribution in [2.75, 3.05) is 0 Å². The molecule has 0 N–H and O–H groups in total. The Balaban J connectivity index is 2.25. The summed E-state index contributed by atoms with van der Waals surface area (Å²) in [5.41, 5.74) is 1.28. The van der Waals surface area contributed by atoms with Gasteiger partial charge in [-0.25, -0.2) is 4.79 Å². The number of rotatable bonds is 3. The quantitative estimate of drug-likeness (QED) is 0.680. The van der Waals surface area contributed by atoms with E-state index in [4.69, 9.17) is 14.4 Å². The molecule has 0 saturated carbocycles. The van der Waals surface area contributed by atoms with E-state index in [0.29, 0.717) is 16.7 Å². The molecule has 3 aromatic rings. The molecule has 1 heterocycles. The van der Waals surface area contributed by atoms with Crippen LogP contribution in [0, 0.1) is 18.3 Å². The number of carbonyl (C=O) groups is 1. The average molecular weight is 333 g/mol. The van der Waals surface area contributed by atoms with Crippen LogP contribution in [-0.2, 0) is 4.74 Å². The number of carbonyl (C=O) groups excluding carboxylic acids is 1. The van der Waals surface area contributed by atoms with Crippen molar-refractivity contribution in [3.05, 3.63) is 69.9 Å². The number of nitriles is 1. The van der Waals surface area contributed by atoms with E-state index in [2.05, 4.69) is 0 Å². The van der Waals surface area contributed by atoms with E-state index in [-0.39, 0.29) is 16.6 Å². The summed E-state index contributed by atoms with van der Waals surface area (Å²) in [5.74, 6) is -0.294. The van der Waals surface area contributed by atoms with E-state index in [0.717, 1.165) is 5.56 Å². The number of benzene rings is 2. The van der Waals surface area contributed by atoms with Gasteiger partial charge in [-0.3, -0.25) is 4.79 Å². The smallest absolute Gasteiger partial charge is 0.343 e. The third-order valence-corrected chi connectivity index (χ3v) is 3.87. The van der Waals surface area contributed by atoms with Gasteiger partial charge in [0.25, 0.3) is 0 Å². The topological polar surface area (TPSA) is 80.3 Å². The SMILES string of the molecule is Cc1c(-c2ccccc2)oc2c(C(=O)O[C@@H](C)C#N)cccc2c1=O. The monoisotopic (exact) mass is 333 g/mol. The third-order valence-electron chi connectivity index (χ3n) is 3.87. The van der Waals surface area contributed by atoms with Gasteiger partial charge in [-0.1, -0.05) is 36.4 Å². The first-order chi connectivity index (χ1) is 12.0. The van der Waals surface area contributed by atoms with Gasteiger partial charge in [0.05, 0.1) is 5.39 Å². The number of para-hydroxylation sites is 1. The van der Waals surface area contributed by atoms with Crippen molar-refractivity contribution in [1.29, 1.82) is 5.26 Å². The lowest BCUT2D eigenvalue weighted by molar-refractivity contribution is 0.0436. The van der Waals surface area contributed by atoms with Crippen molar-refractivity contribution < 1.29 is 13.9 Å². The van der Waals surface area contributed by atoms with Crippen LogP contribution in [-0.4, -0.2) is 12.1 Å². The standard InChI is InChI=1S/C20H15NO4/c1-12(11-21)24-20(23)16-10-6-9-15-17(22)13(2)18(25-19(15)16)14-7-4-3-5-8-14/h3-10,12H,1-2H3/t12-/m0/s1. The summed E-state index contributed by atoms with van der Waals surface area (Å²) in [7, 11) is 0. The van der Waals surface area contributed by atoms with Gasteiger partial charge in [-0.2, -0.15) is 5.26 Å². The normalized spacial score (nSPS) is 11.7. The number of ether oxygens (including phenoxy) is 1. The summed E-state index contributed by atoms with van der Waals surface area (Å²) < 4.78 is 11.0. The van der Waals surface area contributed by atoms with Crippen LogP contribution in [0.5, 0.6) is 0 Å². The Morgan fingerprint density at radius 2 is 1.88 bits per heavy atom. The predicted octanol–water partition coefficient (Wildman–Crippen LogP) is 3.84. The fraction of sp³-hybridized carbons (Fsp3) is 0.150. The zero-order valence-electron chi connectivity index (χ0n) is 13.8. The first-order valence-electron chi connectivity index (χ1n) is 7.75. The van der Waals surface area contributed by atoms with Gasteiger partial charge in [-0.15, -0.1) is 0 Å². The average Bonchev–Trinajstić information content (AvgIpc) is 2.64. The molecule has 25 heavy (non-hydrogen) atoms. The number of hydrogen-bond acceptors (Lipinski definition) is 5. The maximum Gasteiger partial charge on any atom is 0.343 e. The lowest BCUT2D eigenvalue weighted by Crippen LogP contribution is -2.15. The molecule has 0 spiro atoms. The Kier molecular flexibility index (Phi) is 4.36. The summed E-state index contributed by atoms with van der Waals surface area (Å²) in [5, 5.41) is 9.12. The van der Waals surface area contributed by atoms with E-state index in [9.17, 15) is 9.59 Å². The van der Waals surface area contributed by atoms with Crippen molar-refractivity contribution in [3.63, 3.8) is 0 Å². The molecular formula is C20H15NO4. The predicted molar refractivity (Wildman–Crippen MR) is 93.1 cm³/mol. The van der Waals surface area contributed by atoms with Crippen LogP contribution < -0.4 is 5.43 Å². The first-order valence-corrected chi connectivity index (χ1v) is 7.75. The van der Waals surface area contributed by atoms with Crippen molar-refractivity contribution in [1.82, 2.24) is 0 Å². The van der Waals surface area contributed by atoms with Gasteiger partial charge in [0.1, 0.15) is 17.4 Å². The maximum absolute atomic E-state index is 12.7. The van der Waals surface area contributed by atoms with Crippen LogP contribution in [0.3, 0.4) is 0 Å². The Bertz CT molecular complexity index is 1040. The van der Waals surface area contributed by atoms with E-state index in [1.807, 2.05) is 36.4 Å². The van der Waals surface area contributed by atoms with E-state index < -0.39 is 12.1 Å². The number of nitrogens with zero attached hydrogens (tertiary/aromatic N) is 1. The molecule has 0 aliphatic heterocycles. The van der Waals surface area contributed by atoms with Crippen LogP contribution in [0.2, 0.25) is 0 Å². The Morgan fingerprint density at radius 3 is 2.56 bits per heavy atom. The van der Waals surface area contributed by atoms with E-state index in [1.54, 1.807) is 19.1 Å². The molecule has 5 heteroatoms. The minimum absolute atomic E-state index is 0.119. The molecule has 0 aliphatic rings. The highest BCUT2D eigenvalue weighted by Crippen LogP contribution is 2.27. The second-order valence-electron chi connectivity index (χ2n) is 5.61. The number of fused-ring (bicyclic) bond motifs is 1. The zero-order valence-corrected chi connectivity index (χ0v) is 13.8. The van der Waals surface area contributed by atoms with Crippen LogP contribution in [0.1, 0.15) is 22.8 Å². The minimum atomic E-state index is -0.895. The molecule has 2 aromatic carbocycles. The Labute approximate surface area is 144 Å². The highest BCUT2D eigenvalue weighted by molar-refractivity contribution is 6.02. The fourth-order valence-electron chi connectivity index (χ4n) is 2.59. The molecule has 1 aromatic heterocycles. The lowest BCUT2D eigenvalue weighted by atomic mass is 10.0. The van der Waals surface area contributed by atoms with Crippen molar-refractivity contribution in [2.24, 2.45) is 0 Å². The highest BCUT2D eigenvalue weighted by atomic mass is 16.5. The van der Waals surface area contributed by atoms with Gasteiger partial charge in [0, 0.05) is 11.1 Å². The molecule has 1 atom stereocenters. The molecule has 0 fully saturated rings. The van der Waals surface area contributed by atoms with Gasteiger partial charge in [0.15, 0.2) is 17.1 Å². The zero-order chi connectivity index (χ0) is 18.0. The fourth-order valence-corrected chi connectivity index (χ4v) is 2.59. The molecule has 0 saturated heterocycles. The highest BCUT2D eigenvalue weighted by Gasteiger charge is 2.20. The van der Waals surface area contributed by atoms with Crippen LogP contribution >= 0.6 is 0 Å². The van der Waals surface area contributed by atoms with E-state index >= 15 is 0 Å². The Hall–Kier alpha value is -3.39. The lowest BCUT2D eigenvalue weighted by Gasteiger charge is -2.11. The molecule has 0 amide bonds. The van der Waals surface area contributed by atoms with Crippen molar-refractivity contribution in [3.8, 4) is 17.4 Å². The van der Waals surface area contributed by atoms with Crippen LogP contribution in [0.4, 0.5) is 0 Å². The number of hydrogen-bond donors (Lipinski definition) is 0. The molecular weight excluding hydrogens is 318 g/mol. The molecule has 3 rings (SSSR count). The van der Waals surface area contributed by atoms with Gasteiger partial charge in [-0.05, 0) is 26.0 Å². The summed E-state index contributed by atoms with van der Waals surface area (Å²) in [6, 6.07) is 15.8. The van der Waals surface area contributed by atoms with Crippen LogP contribution in [0.15, 0.2) is 57.7 Å². The largest absolute Gasteiger partial charge is 0.455 e. The minimum Gasteiger partial charge on any atom is -0.455 e. The first kappa shape index (κ1) is 16.5. The molecule has 0 unspecified atom stereocenters. The third kappa shape index (κ3) is 3.02. The molecule has 0 aliphatic carbocycles. The van der Waals surface area contributed by atoms with E-state index in [1.165, 1.54) is 13.0 Å². The molecule has 124 valence electrons. The summed E-state index contributed by atoms with van der Waals surface area (Å²) in [6.07, 6.45) is -0.895. The van der Waals surface area contributed by atoms with Gasteiger partial charge in [0.2, 0.25) is 0 Å². The maximum atomic E-state index is 12.7. The summed E-state index contributed by atoms with van der Waals surface area (Å²) in [4.78, 5) is 25.0. The molecule has 0 radical (unpaired) electrons. The molecule has 5 nitrogen and oxygen atoms in total. The number of esters is 1. The van der Waals surface area contributed by atoms with Crippen molar-refractivity contribution in [2.45, 2.75) is 20.0 Å². The van der Waals surface area contributed by atoms with Crippen molar-refractivity contribution >= 4 is 16.9 Å². The second kappa shape index (κ2) is 6.62. The summed E-state index contributed by atoms with van der Waals surface area (Å²) in [6.45, 7) is 3.16. The van der Waals surface area contributed by atoms with Crippen LogP contribution in [0.25, 0.3) is 22.3 Å². The van der Waals surface area contributed by atoms with Gasteiger partial charge < -0.3 is 9.15 Å². The summed E-state index contributed by atoms with van der Waals surface area (Å²) >= 11 is 0. The molecule has 0 bridgehead atoms. The second-order valence-corrected chi connectivity index (χ2v) is 5.61. The van der Waals surface area contributed by atoms with Gasteiger partial charge >= 0.3 is 5.97 Å². The Morgan fingerprint density at radius 1 is 1.16 bits per heavy atom.